The molecule has 4 rings (SSSR count). The van der Waals surface area contributed by atoms with Crippen LogP contribution in [0.3, 0.4) is 0 Å². The van der Waals surface area contributed by atoms with Crippen LogP contribution in [0.2, 0.25) is 0 Å². The summed E-state index contributed by atoms with van der Waals surface area (Å²) >= 11 is 1.56. The van der Waals surface area contributed by atoms with Crippen molar-refractivity contribution in [2.24, 2.45) is 0 Å². The van der Waals surface area contributed by atoms with Gasteiger partial charge in [-0.25, -0.2) is 4.98 Å². The predicted octanol–water partition coefficient (Wildman–Crippen LogP) is 2.91. The lowest BCUT2D eigenvalue weighted by molar-refractivity contribution is -0.129. The Labute approximate surface area is 161 Å². The Balaban J connectivity index is 1.60. The Morgan fingerprint density at radius 1 is 1.22 bits per heavy atom. The Hall–Kier alpha value is -3.00. The van der Waals surface area contributed by atoms with Gasteiger partial charge in [-0.3, -0.25) is 4.79 Å². The molecule has 0 unspecified atom stereocenters. The van der Waals surface area contributed by atoms with Gasteiger partial charge < -0.3 is 25.6 Å². The van der Waals surface area contributed by atoms with Crippen molar-refractivity contribution in [3.05, 3.63) is 36.4 Å². The number of anilines is 4. The first kappa shape index (κ1) is 17.4. The zero-order valence-corrected chi connectivity index (χ0v) is 16.0. The second-order valence-electron chi connectivity index (χ2n) is 6.49. The molecule has 0 aliphatic carbocycles. The molecule has 1 aliphatic rings. The highest BCUT2D eigenvalue weighted by molar-refractivity contribution is 7.22. The highest BCUT2D eigenvalue weighted by Gasteiger charge is 2.21. The van der Waals surface area contributed by atoms with Crippen molar-refractivity contribution in [2.45, 2.75) is 0 Å². The number of rotatable bonds is 4. The molecule has 1 saturated heterocycles. The second-order valence-corrected chi connectivity index (χ2v) is 7.52. The van der Waals surface area contributed by atoms with Crippen LogP contribution in [0, 0.1) is 0 Å². The number of nitrogen functional groups attached to an aromatic ring is 1. The van der Waals surface area contributed by atoms with E-state index in [9.17, 15) is 4.79 Å². The van der Waals surface area contributed by atoms with E-state index in [0.717, 1.165) is 39.8 Å². The number of methoxy groups -OCH3 is 1. The van der Waals surface area contributed by atoms with Gasteiger partial charge in [0.2, 0.25) is 5.91 Å². The van der Waals surface area contributed by atoms with Crippen LogP contribution in [-0.2, 0) is 4.79 Å². The summed E-state index contributed by atoms with van der Waals surface area (Å²) in [6.45, 7) is 1.96. The summed E-state index contributed by atoms with van der Waals surface area (Å²) in [5.41, 5.74) is 9.23. The van der Waals surface area contributed by atoms with Crippen molar-refractivity contribution in [2.75, 3.05) is 49.7 Å². The Kier molecular flexibility index (Phi) is 4.49. The normalized spacial score (nSPS) is 14.7. The molecule has 3 aromatic rings. The summed E-state index contributed by atoms with van der Waals surface area (Å²) in [6, 6.07) is 11.6. The maximum absolute atomic E-state index is 12.0. The van der Waals surface area contributed by atoms with Gasteiger partial charge in [0.25, 0.3) is 0 Å². The highest BCUT2D eigenvalue weighted by atomic mass is 32.1. The molecule has 2 heterocycles. The number of nitrogens with one attached hydrogen (secondary N) is 1. The molecule has 1 aliphatic heterocycles. The van der Waals surface area contributed by atoms with Gasteiger partial charge in [0.05, 0.1) is 29.6 Å². The minimum absolute atomic E-state index is 0.135. The monoisotopic (exact) mass is 383 g/mol. The van der Waals surface area contributed by atoms with Crippen LogP contribution in [0.1, 0.15) is 0 Å². The third-order valence-corrected chi connectivity index (χ3v) is 5.61. The molecule has 0 atom stereocenters. The number of benzene rings is 2. The van der Waals surface area contributed by atoms with E-state index in [4.69, 9.17) is 15.5 Å². The number of likely N-dealkylation sites (N-methyl/N-ethyl adjacent to an activating group) is 1. The van der Waals surface area contributed by atoms with E-state index in [1.165, 1.54) is 0 Å². The van der Waals surface area contributed by atoms with Crippen molar-refractivity contribution in [3.63, 3.8) is 0 Å². The standard InChI is InChI=1S/C19H21N5O2S/c1-23-7-8-24(11-18(23)25)13-4-6-17-15(10-13)22-19(27-17)21-14-9-12(20)3-5-16(14)26-2/h3-6,9-10H,7-8,11,20H2,1-2H3,(H,21,22). The smallest absolute Gasteiger partial charge is 0.241 e. The number of nitrogens with zero attached hydrogens (tertiary/aromatic N) is 3. The lowest BCUT2D eigenvalue weighted by Crippen LogP contribution is -2.48. The average molecular weight is 383 g/mol. The van der Waals surface area contributed by atoms with Gasteiger partial charge in [0, 0.05) is 31.5 Å². The molecule has 2 aromatic carbocycles. The van der Waals surface area contributed by atoms with Gasteiger partial charge in [0.15, 0.2) is 5.13 Å². The number of carbonyl (C=O) groups is 1. The fraction of sp³-hybridized carbons (Fsp3) is 0.263. The van der Waals surface area contributed by atoms with E-state index in [1.807, 2.05) is 37.4 Å². The number of hydrogen-bond acceptors (Lipinski definition) is 7. The fourth-order valence-corrected chi connectivity index (χ4v) is 3.94. The lowest BCUT2D eigenvalue weighted by Gasteiger charge is -2.33. The van der Waals surface area contributed by atoms with Crippen molar-refractivity contribution in [3.8, 4) is 5.75 Å². The van der Waals surface area contributed by atoms with Gasteiger partial charge >= 0.3 is 0 Å². The maximum Gasteiger partial charge on any atom is 0.241 e. The molecule has 0 spiro atoms. The Bertz CT molecular complexity index is 1000. The summed E-state index contributed by atoms with van der Waals surface area (Å²) in [5.74, 6) is 0.843. The number of piperazine rings is 1. The Morgan fingerprint density at radius 3 is 2.85 bits per heavy atom. The number of ether oxygens (including phenoxy) is 1. The summed E-state index contributed by atoms with van der Waals surface area (Å²) in [7, 11) is 3.46. The maximum atomic E-state index is 12.0. The SMILES string of the molecule is COc1ccc(N)cc1Nc1nc2cc(N3CCN(C)C(=O)C3)ccc2s1. The topological polar surface area (TPSA) is 83.7 Å². The minimum atomic E-state index is 0.135. The van der Waals surface area contributed by atoms with Crippen LogP contribution in [0.15, 0.2) is 36.4 Å². The number of amides is 1. The van der Waals surface area contributed by atoms with Crippen LogP contribution in [0.4, 0.5) is 22.2 Å². The number of fused-ring (bicyclic) bond motifs is 1. The molecule has 1 aromatic heterocycles. The Morgan fingerprint density at radius 2 is 2.07 bits per heavy atom. The summed E-state index contributed by atoms with van der Waals surface area (Å²) in [4.78, 5) is 20.5. The number of thiazole rings is 1. The van der Waals surface area contributed by atoms with E-state index >= 15 is 0 Å². The minimum Gasteiger partial charge on any atom is -0.495 e. The van der Waals surface area contributed by atoms with Gasteiger partial charge in [-0.2, -0.15) is 0 Å². The lowest BCUT2D eigenvalue weighted by atomic mass is 10.2. The first-order valence-corrected chi connectivity index (χ1v) is 9.45. The molecule has 0 radical (unpaired) electrons. The molecule has 7 nitrogen and oxygen atoms in total. The molecule has 1 amide bonds. The number of carbonyl (C=O) groups excluding carboxylic acids is 1. The number of nitrogens with two attached hydrogens (primary N) is 1. The molecular weight excluding hydrogens is 362 g/mol. The quantitative estimate of drug-likeness (QED) is 0.674. The first-order chi connectivity index (χ1) is 13.0. The van der Waals surface area contributed by atoms with E-state index < -0.39 is 0 Å². The predicted molar refractivity (Wildman–Crippen MR) is 110 cm³/mol. The zero-order valence-electron chi connectivity index (χ0n) is 15.2. The van der Waals surface area contributed by atoms with E-state index in [-0.39, 0.29) is 5.91 Å². The van der Waals surface area contributed by atoms with E-state index in [2.05, 4.69) is 10.2 Å². The third kappa shape index (κ3) is 3.48. The molecule has 1 fully saturated rings. The van der Waals surface area contributed by atoms with Crippen LogP contribution < -0.4 is 20.7 Å². The fourth-order valence-electron chi connectivity index (χ4n) is 3.08. The average Bonchev–Trinajstić information content (AvgIpc) is 3.05. The third-order valence-electron chi connectivity index (χ3n) is 4.66. The van der Waals surface area contributed by atoms with Crippen LogP contribution >= 0.6 is 11.3 Å². The van der Waals surface area contributed by atoms with Crippen molar-refractivity contribution >= 4 is 49.7 Å². The molecule has 3 N–H and O–H groups in total. The number of aromatic nitrogens is 1. The summed E-state index contributed by atoms with van der Waals surface area (Å²) in [6.07, 6.45) is 0. The number of hydrogen-bond donors (Lipinski definition) is 2. The van der Waals surface area contributed by atoms with Gasteiger partial charge in [0.1, 0.15) is 5.75 Å². The molecule has 0 saturated carbocycles. The second kappa shape index (κ2) is 6.96. The molecule has 8 heteroatoms. The summed E-state index contributed by atoms with van der Waals surface area (Å²) in [5, 5.41) is 4.06. The van der Waals surface area contributed by atoms with E-state index in [0.29, 0.717) is 18.0 Å². The van der Waals surface area contributed by atoms with Crippen molar-refractivity contribution < 1.29 is 9.53 Å². The highest BCUT2D eigenvalue weighted by Crippen LogP contribution is 2.34. The van der Waals surface area contributed by atoms with Crippen molar-refractivity contribution in [1.82, 2.24) is 9.88 Å². The molecule has 0 bridgehead atoms. The zero-order chi connectivity index (χ0) is 19.0. The van der Waals surface area contributed by atoms with Gasteiger partial charge in [-0.15, -0.1) is 0 Å². The van der Waals surface area contributed by atoms with Gasteiger partial charge in [-0.05, 0) is 36.4 Å². The van der Waals surface area contributed by atoms with Crippen LogP contribution in [-0.4, -0.2) is 49.6 Å². The molecule has 27 heavy (non-hydrogen) atoms. The largest absolute Gasteiger partial charge is 0.495 e. The van der Waals surface area contributed by atoms with Gasteiger partial charge in [-0.1, -0.05) is 11.3 Å². The summed E-state index contributed by atoms with van der Waals surface area (Å²) < 4.78 is 6.45. The molecular formula is C19H21N5O2S. The van der Waals surface area contributed by atoms with Crippen LogP contribution in [0.5, 0.6) is 5.75 Å². The molecule has 140 valence electrons. The van der Waals surface area contributed by atoms with E-state index in [1.54, 1.807) is 29.4 Å². The van der Waals surface area contributed by atoms with Crippen molar-refractivity contribution in [1.29, 1.82) is 0 Å². The first-order valence-electron chi connectivity index (χ1n) is 8.63. The van der Waals surface area contributed by atoms with Crippen LogP contribution in [0.25, 0.3) is 10.2 Å².